The first-order valence-corrected chi connectivity index (χ1v) is 7.38. The minimum absolute atomic E-state index is 0.222. The van der Waals surface area contributed by atoms with E-state index in [1.54, 1.807) is 0 Å². The molecule has 2 amide bonds. The van der Waals surface area contributed by atoms with Gasteiger partial charge in [-0.1, -0.05) is 43.2 Å². The second-order valence-electron chi connectivity index (χ2n) is 5.36. The standard InChI is InChI=1S/C16H22N2O3/c1-21-15(19)14(11-12-7-3-2-4-8-12)18-16(20)17-13-9-5-6-10-13/h2-4,7-8,13-14H,5-6,9-11H2,1H3,(H2,17,18,20). The number of urea groups is 1. The van der Waals surface area contributed by atoms with Crippen molar-refractivity contribution in [2.45, 2.75) is 44.2 Å². The van der Waals surface area contributed by atoms with E-state index < -0.39 is 12.0 Å². The molecular weight excluding hydrogens is 268 g/mol. The number of benzene rings is 1. The van der Waals surface area contributed by atoms with Crippen molar-refractivity contribution >= 4 is 12.0 Å². The maximum Gasteiger partial charge on any atom is 0.328 e. The maximum absolute atomic E-state index is 12.0. The summed E-state index contributed by atoms with van der Waals surface area (Å²) in [5.74, 6) is -0.430. The van der Waals surface area contributed by atoms with E-state index in [9.17, 15) is 9.59 Å². The third kappa shape index (κ3) is 4.77. The molecule has 5 heteroatoms. The number of esters is 1. The van der Waals surface area contributed by atoms with Crippen molar-refractivity contribution in [1.29, 1.82) is 0 Å². The number of nitrogens with one attached hydrogen (secondary N) is 2. The van der Waals surface area contributed by atoms with Gasteiger partial charge in [0, 0.05) is 12.5 Å². The summed E-state index contributed by atoms with van der Waals surface area (Å²) >= 11 is 0. The van der Waals surface area contributed by atoms with Crippen LogP contribution in [0.1, 0.15) is 31.2 Å². The molecule has 0 aliphatic heterocycles. The van der Waals surface area contributed by atoms with Crippen molar-refractivity contribution in [3.63, 3.8) is 0 Å². The van der Waals surface area contributed by atoms with Crippen LogP contribution < -0.4 is 10.6 Å². The lowest BCUT2D eigenvalue weighted by molar-refractivity contribution is -0.142. The average Bonchev–Trinajstić information content (AvgIpc) is 2.99. The van der Waals surface area contributed by atoms with E-state index in [1.807, 2.05) is 30.3 Å². The largest absolute Gasteiger partial charge is 0.467 e. The van der Waals surface area contributed by atoms with Crippen LogP contribution >= 0.6 is 0 Å². The van der Waals surface area contributed by atoms with Gasteiger partial charge in [-0.15, -0.1) is 0 Å². The number of rotatable bonds is 5. The summed E-state index contributed by atoms with van der Waals surface area (Å²) in [4.78, 5) is 23.8. The minimum atomic E-state index is -0.668. The molecule has 114 valence electrons. The Labute approximate surface area is 125 Å². The van der Waals surface area contributed by atoms with Crippen LogP contribution in [-0.4, -0.2) is 31.2 Å². The van der Waals surface area contributed by atoms with Crippen molar-refractivity contribution in [2.24, 2.45) is 0 Å². The smallest absolute Gasteiger partial charge is 0.328 e. The van der Waals surface area contributed by atoms with Crippen molar-refractivity contribution in [3.8, 4) is 0 Å². The Morgan fingerprint density at radius 1 is 1.24 bits per heavy atom. The number of hydrogen-bond acceptors (Lipinski definition) is 3. The first-order chi connectivity index (χ1) is 10.2. The van der Waals surface area contributed by atoms with Crippen LogP contribution in [0.25, 0.3) is 0 Å². The van der Waals surface area contributed by atoms with Crippen molar-refractivity contribution in [2.75, 3.05) is 7.11 Å². The quantitative estimate of drug-likeness (QED) is 0.815. The van der Waals surface area contributed by atoms with Crippen molar-refractivity contribution in [3.05, 3.63) is 35.9 Å². The van der Waals surface area contributed by atoms with Crippen LogP contribution in [0, 0.1) is 0 Å². The molecule has 1 aromatic carbocycles. The van der Waals surface area contributed by atoms with Gasteiger partial charge >= 0.3 is 12.0 Å². The molecule has 2 rings (SSSR count). The predicted octanol–water partition coefficient (Wildman–Crippen LogP) is 2.01. The van der Waals surface area contributed by atoms with E-state index >= 15 is 0 Å². The van der Waals surface area contributed by atoms with Gasteiger partial charge in [-0.3, -0.25) is 0 Å². The molecular formula is C16H22N2O3. The molecule has 2 N–H and O–H groups in total. The lowest BCUT2D eigenvalue weighted by Crippen LogP contribution is -2.49. The van der Waals surface area contributed by atoms with E-state index in [1.165, 1.54) is 7.11 Å². The molecule has 1 saturated carbocycles. The maximum atomic E-state index is 12.0. The first-order valence-electron chi connectivity index (χ1n) is 7.38. The summed E-state index contributed by atoms with van der Waals surface area (Å²) in [6, 6.07) is 8.83. The summed E-state index contributed by atoms with van der Waals surface area (Å²) < 4.78 is 4.77. The monoisotopic (exact) mass is 290 g/mol. The van der Waals surface area contributed by atoms with Crippen molar-refractivity contribution < 1.29 is 14.3 Å². The van der Waals surface area contributed by atoms with E-state index in [-0.39, 0.29) is 12.1 Å². The number of hydrogen-bond donors (Lipinski definition) is 2. The first kappa shape index (κ1) is 15.4. The fourth-order valence-corrected chi connectivity index (χ4v) is 2.64. The molecule has 21 heavy (non-hydrogen) atoms. The van der Waals surface area contributed by atoms with Gasteiger partial charge in [-0.2, -0.15) is 0 Å². The summed E-state index contributed by atoms with van der Waals surface area (Å²) in [7, 11) is 1.33. The van der Waals surface area contributed by atoms with Crippen LogP contribution in [0.3, 0.4) is 0 Å². The lowest BCUT2D eigenvalue weighted by Gasteiger charge is -2.19. The zero-order chi connectivity index (χ0) is 15.1. The second-order valence-corrected chi connectivity index (χ2v) is 5.36. The highest BCUT2D eigenvalue weighted by Crippen LogP contribution is 2.17. The Morgan fingerprint density at radius 3 is 2.52 bits per heavy atom. The Balaban J connectivity index is 1.92. The Bertz CT molecular complexity index is 470. The molecule has 0 heterocycles. The molecule has 1 atom stereocenters. The molecule has 1 aliphatic rings. The molecule has 0 saturated heterocycles. The zero-order valence-corrected chi connectivity index (χ0v) is 12.3. The van der Waals surface area contributed by atoms with Crippen LogP contribution in [0.5, 0.6) is 0 Å². The van der Waals surface area contributed by atoms with E-state index in [4.69, 9.17) is 4.74 Å². The van der Waals surface area contributed by atoms with E-state index in [2.05, 4.69) is 10.6 Å². The summed E-state index contributed by atoms with van der Waals surface area (Å²) in [5, 5.41) is 5.63. The van der Waals surface area contributed by atoms with Crippen LogP contribution in [0.15, 0.2) is 30.3 Å². The number of carbonyl (C=O) groups excluding carboxylic acids is 2. The number of amides is 2. The van der Waals surface area contributed by atoms with Crippen molar-refractivity contribution in [1.82, 2.24) is 10.6 Å². The number of ether oxygens (including phenoxy) is 1. The van der Waals surface area contributed by atoms with Gasteiger partial charge in [0.25, 0.3) is 0 Å². The third-order valence-corrected chi connectivity index (χ3v) is 3.76. The van der Waals surface area contributed by atoms with E-state index in [0.29, 0.717) is 6.42 Å². The zero-order valence-electron chi connectivity index (χ0n) is 12.3. The normalized spacial score (nSPS) is 16.2. The topological polar surface area (TPSA) is 67.4 Å². The molecule has 5 nitrogen and oxygen atoms in total. The number of methoxy groups -OCH3 is 1. The van der Waals surface area contributed by atoms with Gasteiger partial charge in [0.1, 0.15) is 6.04 Å². The molecule has 0 aromatic heterocycles. The van der Waals surface area contributed by atoms with Gasteiger partial charge in [0.2, 0.25) is 0 Å². The Hall–Kier alpha value is -2.04. The minimum Gasteiger partial charge on any atom is -0.467 e. The third-order valence-electron chi connectivity index (χ3n) is 3.76. The predicted molar refractivity (Wildman–Crippen MR) is 79.9 cm³/mol. The lowest BCUT2D eigenvalue weighted by atomic mass is 10.1. The fraction of sp³-hybridized carbons (Fsp3) is 0.500. The highest BCUT2D eigenvalue weighted by molar-refractivity contribution is 5.83. The van der Waals surface area contributed by atoms with Gasteiger partial charge < -0.3 is 15.4 Å². The van der Waals surface area contributed by atoms with Crippen LogP contribution in [0.4, 0.5) is 4.79 Å². The molecule has 0 spiro atoms. The number of carbonyl (C=O) groups is 2. The van der Waals surface area contributed by atoms with Gasteiger partial charge in [0.15, 0.2) is 0 Å². The Kier molecular flexibility index (Phi) is 5.60. The fourth-order valence-electron chi connectivity index (χ4n) is 2.64. The van der Waals surface area contributed by atoms with Crippen LogP contribution in [0.2, 0.25) is 0 Å². The van der Waals surface area contributed by atoms with Gasteiger partial charge in [0.05, 0.1) is 7.11 Å². The summed E-state index contributed by atoms with van der Waals surface area (Å²) in [6.45, 7) is 0. The van der Waals surface area contributed by atoms with E-state index in [0.717, 1.165) is 31.2 Å². The molecule has 0 bridgehead atoms. The summed E-state index contributed by atoms with van der Waals surface area (Å²) in [6.07, 6.45) is 4.74. The second kappa shape index (κ2) is 7.67. The summed E-state index contributed by atoms with van der Waals surface area (Å²) in [5.41, 5.74) is 0.981. The average molecular weight is 290 g/mol. The van der Waals surface area contributed by atoms with Crippen LogP contribution in [-0.2, 0) is 16.0 Å². The molecule has 1 aliphatic carbocycles. The molecule has 1 unspecified atom stereocenters. The molecule has 1 aromatic rings. The Morgan fingerprint density at radius 2 is 1.90 bits per heavy atom. The molecule has 1 fully saturated rings. The van der Waals surface area contributed by atoms with Gasteiger partial charge in [-0.25, -0.2) is 9.59 Å². The molecule has 0 radical (unpaired) electrons. The SMILES string of the molecule is COC(=O)C(Cc1ccccc1)NC(=O)NC1CCCC1. The highest BCUT2D eigenvalue weighted by Gasteiger charge is 2.24. The highest BCUT2D eigenvalue weighted by atomic mass is 16.5. The van der Waals surface area contributed by atoms with Gasteiger partial charge in [-0.05, 0) is 18.4 Å².